The van der Waals surface area contributed by atoms with Crippen LogP contribution in [-0.4, -0.2) is 91.7 Å². The maximum Gasteiger partial charge on any atom is 0.303 e. The summed E-state index contributed by atoms with van der Waals surface area (Å²) < 4.78 is 10.8. The van der Waals surface area contributed by atoms with Crippen LogP contribution in [0.2, 0.25) is 0 Å². The number of nitrogens with one attached hydrogen (secondary N) is 3. The van der Waals surface area contributed by atoms with Crippen LogP contribution in [-0.2, 0) is 38.2 Å². The molecule has 0 aromatic heterocycles. The van der Waals surface area contributed by atoms with Crippen molar-refractivity contribution in [2.75, 3.05) is 39.5 Å². The third-order valence-corrected chi connectivity index (χ3v) is 6.26. The number of carbonyl (C=O) groups is 5. The molecule has 0 saturated heterocycles. The van der Waals surface area contributed by atoms with Crippen molar-refractivity contribution in [1.29, 1.82) is 0 Å². The molecule has 0 spiro atoms. The number of carboxylic acid groups (broad SMARTS) is 2. The summed E-state index contributed by atoms with van der Waals surface area (Å²) in [6.07, 6.45) is 12.4. The molecule has 3 amide bonds. The minimum atomic E-state index is -1.08. The van der Waals surface area contributed by atoms with Crippen LogP contribution in [0.5, 0.6) is 0 Å². The second-order valence-electron chi connectivity index (χ2n) is 10.0. The van der Waals surface area contributed by atoms with Gasteiger partial charge in [0, 0.05) is 45.2 Å². The lowest BCUT2D eigenvalue weighted by Gasteiger charge is -2.11. The maximum atomic E-state index is 11.9. The predicted molar refractivity (Wildman–Crippen MR) is 154 cm³/mol. The number of ether oxygens (including phenoxy) is 2. The van der Waals surface area contributed by atoms with Crippen molar-refractivity contribution in [2.24, 2.45) is 0 Å². The van der Waals surface area contributed by atoms with Crippen LogP contribution in [0, 0.1) is 0 Å². The van der Waals surface area contributed by atoms with E-state index in [0.717, 1.165) is 44.9 Å². The first-order valence-electron chi connectivity index (χ1n) is 15.0. The first kappa shape index (κ1) is 38.9. The summed E-state index contributed by atoms with van der Waals surface area (Å²) in [5.41, 5.74) is 0. The Morgan fingerprint density at radius 1 is 0.548 bits per heavy atom. The van der Waals surface area contributed by atoms with Gasteiger partial charge in [-0.05, 0) is 19.3 Å². The first-order valence-corrected chi connectivity index (χ1v) is 15.0. The number of carboxylic acids is 2. The molecular formula is C29H50N3O10. The van der Waals surface area contributed by atoms with Crippen molar-refractivity contribution in [1.82, 2.24) is 16.0 Å². The SMILES string of the molecule is O=[C][C@H](CCC(=O)O)NC(=O)CCC(=O)NCCOCCOCCNC(=O)CCCCCCCCCCCCC(=O)O. The van der Waals surface area contributed by atoms with Crippen LogP contribution in [0.4, 0.5) is 0 Å². The molecule has 13 nitrogen and oxygen atoms in total. The van der Waals surface area contributed by atoms with Gasteiger partial charge >= 0.3 is 11.9 Å². The Kier molecular flexibility index (Phi) is 26.0. The van der Waals surface area contributed by atoms with Crippen molar-refractivity contribution >= 4 is 35.9 Å². The Hall–Kier alpha value is -3.06. The molecule has 1 radical (unpaired) electrons. The van der Waals surface area contributed by atoms with E-state index in [-0.39, 0.29) is 57.1 Å². The molecule has 0 heterocycles. The third kappa shape index (κ3) is 28.5. The summed E-state index contributed by atoms with van der Waals surface area (Å²) in [5, 5.41) is 25.0. The standard InChI is InChI=1S/C29H50N3O10/c33-23-24(13-16-29(39)40)32-27(36)15-14-26(35)31-18-20-42-22-21-41-19-17-30-25(34)11-9-7-5-3-1-2-4-6-8-10-12-28(37)38/h24H,1-22H2,(H,30,34)(H,31,35)(H,32,36)(H,37,38)(H,39,40)/t24-/m0/s1. The molecular weight excluding hydrogens is 550 g/mol. The highest BCUT2D eigenvalue weighted by Crippen LogP contribution is 2.12. The van der Waals surface area contributed by atoms with Crippen molar-refractivity contribution in [3.05, 3.63) is 0 Å². The van der Waals surface area contributed by atoms with Crippen LogP contribution in [0.3, 0.4) is 0 Å². The molecule has 42 heavy (non-hydrogen) atoms. The lowest BCUT2D eigenvalue weighted by atomic mass is 10.1. The molecule has 0 bridgehead atoms. The summed E-state index contributed by atoms with van der Waals surface area (Å²) in [6.45, 7) is 2.02. The summed E-state index contributed by atoms with van der Waals surface area (Å²) in [5.74, 6) is -2.66. The normalized spacial score (nSPS) is 11.4. The van der Waals surface area contributed by atoms with Crippen LogP contribution in [0.25, 0.3) is 0 Å². The zero-order chi connectivity index (χ0) is 31.3. The zero-order valence-corrected chi connectivity index (χ0v) is 24.8. The quantitative estimate of drug-likeness (QED) is 0.0762. The van der Waals surface area contributed by atoms with E-state index in [9.17, 15) is 28.8 Å². The molecule has 0 aromatic rings. The van der Waals surface area contributed by atoms with Crippen LogP contribution >= 0.6 is 0 Å². The van der Waals surface area contributed by atoms with Gasteiger partial charge in [0.2, 0.25) is 24.0 Å². The van der Waals surface area contributed by atoms with Crippen LogP contribution in [0.15, 0.2) is 0 Å². The largest absolute Gasteiger partial charge is 0.481 e. The number of aliphatic carboxylic acids is 2. The number of rotatable bonds is 30. The molecule has 0 aromatic carbocycles. The molecule has 5 N–H and O–H groups in total. The summed E-state index contributed by atoms with van der Waals surface area (Å²) in [4.78, 5) is 67.2. The zero-order valence-electron chi connectivity index (χ0n) is 24.8. The second-order valence-corrected chi connectivity index (χ2v) is 10.0. The van der Waals surface area contributed by atoms with Crippen molar-refractivity contribution in [3.8, 4) is 0 Å². The highest BCUT2D eigenvalue weighted by molar-refractivity contribution is 5.85. The summed E-state index contributed by atoms with van der Waals surface area (Å²) >= 11 is 0. The predicted octanol–water partition coefficient (Wildman–Crippen LogP) is 2.26. The van der Waals surface area contributed by atoms with Gasteiger partial charge in [0.25, 0.3) is 0 Å². The lowest BCUT2D eigenvalue weighted by Crippen LogP contribution is -2.37. The van der Waals surface area contributed by atoms with Crippen molar-refractivity contribution in [2.45, 2.75) is 109 Å². The Bertz CT molecular complexity index is 779. The first-order chi connectivity index (χ1) is 20.2. The number of hydrogen-bond acceptors (Lipinski definition) is 8. The molecule has 0 aliphatic rings. The number of unbranched alkanes of at least 4 members (excludes halogenated alkanes) is 9. The molecule has 0 aliphatic heterocycles. The molecule has 241 valence electrons. The molecule has 13 heteroatoms. The van der Waals surface area contributed by atoms with E-state index in [4.69, 9.17) is 19.7 Å². The van der Waals surface area contributed by atoms with Gasteiger partial charge in [0.1, 0.15) is 0 Å². The van der Waals surface area contributed by atoms with E-state index >= 15 is 0 Å². The van der Waals surface area contributed by atoms with Gasteiger partial charge in [-0.15, -0.1) is 0 Å². The Labute approximate surface area is 248 Å². The average molecular weight is 601 g/mol. The van der Waals surface area contributed by atoms with Crippen molar-refractivity contribution < 1.29 is 48.5 Å². The monoisotopic (exact) mass is 600 g/mol. The van der Waals surface area contributed by atoms with Crippen LogP contribution in [0.1, 0.15) is 103 Å². The fourth-order valence-electron chi connectivity index (χ4n) is 3.92. The minimum absolute atomic E-state index is 0.0181. The topological polar surface area (TPSA) is 197 Å². The molecule has 0 rings (SSSR count). The molecule has 0 fully saturated rings. The van der Waals surface area contributed by atoms with Gasteiger partial charge in [-0.1, -0.05) is 51.4 Å². The molecule has 0 unspecified atom stereocenters. The smallest absolute Gasteiger partial charge is 0.303 e. The average Bonchev–Trinajstić information content (AvgIpc) is 2.95. The molecule has 0 aliphatic carbocycles. The van der Waals surface area contributed by atoms with Gasteiger partial charge in [-0.2, -0.15) is 0 Å². The van der Waals surface area contributed by atoms with E-state index in [1.807, 2.05) is 0 Å². The highest BCUT2D eigenvalue weighted by atomic mass is 16.5. The lowest BCUT2D eigenvalue weighted by molar-refractivity contribution is -0.138. The molecule has 0 saturated carbocycles. The van der Waals surface area contributed by atoms with E-state index in [1.54, 1.807) is 6.29 Å². The Morgan fingerprint density at radius 2 is 0.976 bits per heavy atom. The fraction of sp³-hybridized carbons (Fsp3) is 0.793. The number of hydrogen-bond donors (Lipinski definition) is 5. The molecule has 1 atom stereocenters. The van der Waals surface area contributed by atoms with Gasteiger partial charge in [-0.3, -0.25) is 28.8 Å². The van der Waals surface area contributed by atoms with Gasteiger partial charge in [-0.25, -0.2) is 0 Å². The van der Waals surface area contributed by atoms with Crippen LogP contribution < -0.4 is 16.0 Å². The highest BCUT2D eigenvalue weighted by Gasteiger charge is 2.15. The summed E-state index contributed by atoms with van der Waals surface area (Å²) in [7, 11) is 0. The van der Waals surface area contributed by atoms with E-state index in [1.165, 1.54) is 19.3 Å². The number of amides is 3. The fourth-order valence-corrected chi connectivity index (χ4v) is 3.92. The van der Waals surface area contributed by atoms with E-state index in [0.29, 0.717) is 32.8 Å². The summed E-state index contributed by atoms with van der Waals surface area (Å²) in [6, 6.07) is -1.01. The van der Waals surface area contributed by atoms with E-state index < -0.39 is 23.9 Å². The van der Waals surface area contributed by atoms with E-state index in [2.05, 4.69) is 16.0 Å². The van der Waals surface area contributed by atoms with Gasteiger partial charge in [0.05, 0.1) is 32.5 Å². The maximum absolute atomic E-state index is 11.9. The third-order valence-electron chi connectivity index (χ3n) is 6.26. The Morgan fingerprint density at radius 3 is 1.45 bits per heavy atom. The van der Waals surface area contributed by atoms with Crippen molar-refractivity contribution in [3.63, 3.8) is 0 Å². The van der Waals surface area contributed by atoms with Gasteiger partial charge < -0.3 is 35.6 Å². The van der Waals surface area contributed by atoms with Gasteiger partial charge in [0.15, 0.2) is 0 Å². The number of carbonyl (C=O) groups excluding carboxylic acids is 4. The second kappa shape index (κ2) is 28.1. The Balaban J connectivity index is 3.45. The minimum Gasteiger partial charge on any atom is -0.481 e.